The molecule has 0 fully saturated rings. The van der Waals surface area contributed by atoms with Crippen LogP contribution in [0.4, 0.5) is 0 Å². The number of hydrogen-bond acceptors (Lipinski definition) is 4. The fourth-order valence-corrected chi connectivity index (χ4v) is 5.00. The van der Waals surface area contributed by atoms with E-state index in [4.69, 9.17) is 26.1 Å². The summed E-state index contributed by atoms with van der Waals surface area (Å²) in [6, 6.07) is 23.5. The average Bonchev–Trinajstić information content (AvgIpc) is 3.52. The molecule has 0 aliphatic rings. The van der Waals surface area contributed by atoms with Crippen LogP contribution in [-0.4, -0.2) is 26.8 Å². The summed E-state index contributed by atoms with van der Waals surface area (Å²) in [5.41, 5.74) is 6.21. The molecule has 0 saturated heterocycles. The third-order valence-electron chi connectivity index (χ3n) is 6.62. The Morgan fingerprint density at radius 1 is 0.919 bits per heavy atom. The number of carboxylic acids is 1. The molecule has 6 aromatic rings. The number of aliphatic carboxylic acids is 1. The van der Waals surface area contributed by atoms with E-state index in [9.17, 15) is 9.59 Å². The highest BCUT2D eigenvalue weighted by Crippen LogP contribution is 2.36. The molecule has 0 radical (unpaired) electrons. The van der Waals surface area contributed by atoms with Gasteiger partial charge in [0, 0.05) is 51.6 Å². The summed E-state index contributed by atoms with van der Waals surface area (Å²) in [4.78, 5) is 31.2. The molecule has 3 aromatic carbocycles. The third-order valence-corrected chi connectivity index (χ3v) is 7.13. The zero-order chi connectivity index (χ0) is 25.5. The number of halogens is 1. The van der Waals surface area contributed by atoms with Crippen molar-refractivity contribution in [2.45, 2.75) is 18.2 Å². The first kappa shape index (κ1) is 23.0. The Balaban J connectivity index is 1.31. The molecule has 0 bridgehead atoms. The standard InChI is InChI=1S/C30H21ClN2O4/c31-29(17-8-10-25-22(14-17)23(16-33-25)26(34)12-13-28(35)36)18-9-11-24(32-15-18)21-6-3-5-20-19-4-1-2-7-27(19)37-30(20)21/h1-11,14-16,29,33H,12-13H2,(H,35,36). The van der Waals surface area contributed by atoms with Gasteiger partial charge in [0.15, 0.2) is 5.78 Å². The van der Waals surface area contributed by atoms with Crippen LogP contribution in [0.25, 0.3) is 44.1 Å². The van der Waals surface area contributed by atoms with E-state index in [-0.39, 0.29) is 18.6 Å². The van der Waals surface area contributed by atoms with Gasteiger partial charge in [-0.3, -0.25) is 14.6 Å². The van der Waals surface area contributed by atoms with Crippen LogP contribution < -0.4 is 0 Å². The molecule has 0 saturated carbocycles. The van der Waals surface area contributed by atoms with E-state index in [1.165, 1.54) is 0 Å². The molecule has 1 atom stereocenters. The number of carboxylic acid groups (broad SMARTS) is 1. The van der Waals surface area contributed by atoms with Crippen molar-refractivity contribution in [3.8, 4) is 11.3 Å². The SMILES string of the molecule is O=C(O)CCC(=O)c1c[nH]c2ccc(C(Cl)c3ccc(-c4cccc5c4oc4ccccc45)nc3)cc12. The molecule has 6 rings (SSSR count). The van der Waals surface area contributed by atoms with Crippen LogP contribution in [-0.2, 0) is 4.79 Å². The second-order valence-corrected chi connectivity index (χ2v) is 9.38. The number of benzene rings is 3. The second kappa shape index (κ2) is 9.22. The van der Waals surface area contributed by atoms with E-state index < -0.39 is 11.3 Å². The minimum absolute atomic E-state index is 0.0554. The fourth-order valence-electron chi connectivity index (χ4n) is 4.74. The van der Waals surface area contributed by atoms with Crippen molar-refractivity contribution >= 4 is 56.2 Å². The number of Topliss-reactive ketones (excluding diaryl/α,β-unsaturated/α-hetero) is 1. The first-order valence-electron chi connectivity index (χ1n) is 11.9. The molecule has 0 aliphatic heterocycles. The molecular weight excluding hydrogens is 488 g/mol. The number of alkyl halides is 1. The molecule has 3 heterocycles. The van der Waals surface area contributed by atoms with Gasteiger partial charge in [0.25, 0.3) is 0 Å². The van der Waals surface area contributed by atoms with E-state index in [0.717, 1.165) is 55.2 Å². The summed E-state index contributed by atoms with van der Waals surface area (Å²) < 4.78 is 6.15. The maximum Gasteiger partial charge on any atom is 0.303 e. The van der Waals surface area contributed by atoms with E-state index in [1.807, 2.05) is 72.8 Å². The number of ketones is 1. The number of nitrogens with one attached hydrogen (secondary N) is 1. The molecule has 0 aliphatic carbocycles. The van der Waals surface area contributed by atoms with E-state index >= 15 is 0 Å². The fraction of sp³-hybridized carbons (Fsp3) is 0.100. The van der Waals surface area contributed by atoms with Gasteiger partial charge in [-0.1, -0.05) is 42.5 Å². The number of aromatic nitrogens is 2. The number of nitrogens with zero attached hydrogens (tertiary/aromatic N) is 1. The van der Waals surface area contributed by atoms with Crippen molar-refractivity contribution in [1.29, 1.82) is 0 Å². The van der Waals surface area contributed by atoms with Crippen LogP contribution in [0.3, 0.4) is 0 Å². The van der Waals surface area contributed by atoms with Crippen LogP contribution in [0.2, 0.25) is 0 Å². The predicted molar refractivity (Wildman–Crippen MR) is 144 cm³/mol. The molecule has 3 aromatic heterocycles. The lowest BCUT2D eigenvalue weighted by Crippen LogP contribution is -2.03. The Bertz CT molecular complexity index is 1800. The first-order chi connectivity index (χ1) is 18.0. The molecule has 0 amide bonds. The van der Waals surface area contributed by atoms with Crippen LogP contribution in [0.1, 0.15) is 39.7 Å². The van der Waals surface area contributed by atoms with E-state index in [0.29, 0.717) is 5.56 Å². The van der Waals surface area contributed by atoms with Crippen LogP contribution >= 0.6 is 11.6 Å². The first-order valence-corrected chi connectivity index (χ1v) is 12.3. The smallest absolute Gasteiger partial charge is 0.303 e. The lowest BCUT2D eigenvalue weighted by atomic mass is 10.00. The quantitative estimate of drug-likeness (QED) is 0.172. The van der Waals surface area contributed by atoms with E-state index in [2.05, 4.69) is 4.98 Å². The lowest BCUT2D eigenvalue weighted by molar-refractivity contribution is -0.136. The number of rotatable bonds is 7. The number of para-hydroxylation sites is 2. The monoisotopic (exact) mass is 508 g/mol. The number of H-pyrrole nitrogens is 1. The minimum Gasteiger partial charge on any atom is -0.481 e. The summed E-state index contributed by atoms with van der Waals surface area (Å²) in [6.07, 6.45) is 3.12. The maximum atomic E-state index is 12.6. The molecule has 182 valence electrons. The van der Waals surface area contributed by atoms with Crippen molar-refractivity contribution in [1.82, 2.24) is 9.97 Å². The Labute approximate surface area is 216 Å². The van der Waals surface area contributed by atoms with Crippen LogP contribution in [0, 0.1) is 0 Å². The van der Waals surface area contributed by atoms with Gasteiger partial charge in [0.2, 0.25) is 0 Å². The van der Waals surface area contributed by atoms with Crippen molar-refractivity contribution in [2.75, 3.05) is 0 Å². The molecule has 37 heavy (non-hydrogen) atoms. The Morgan fingerprint density at radius 3 is 2.54 bits per heavy atom. The lowest BCUT2D eigenvalue weighted by Gasteiger charge is -2.12. The van der Waals surface area contributed by atoms with Crippen molar-refractivity contribution < 1.29 is 19.1 Å². The molecule has 0 spiro atoms. The summed E-state index contributed by atoms with van der Waals surface area (Å²) in [7, 11) is 0. The Kier molecular flexibility index (Phi) is 5.74. The highest BCUT2D eigenvalue weighted by molar-refractivity contribution is 6.23. The zero-order valence-corrected chi connectivity index (χ0v) is 20.3. The summed E-state index contributed by atoms with van der Waals surface area (Å²) >= 11 is 6.85. The Morgan fingerprint density at radius 2 is 1.73 bits per heavy atom. The van der Waals surface area contributed by atoms with Gasteiger partial charge < -0.3 is 14.5 Å². The number of carbonyl (C=O) groups is 2. The number of aromatic amines is 1. The van der Waals surface area contributed by atoms with Gasteiger partial charge in [0.05, 0.1) is 17.5 Å². The van der Waals surface area contributed by atoms with Gasteiger partial charge in [-0.15, -0.1) is 11.6 Å². The normalized spacial score (nSPS) is 12.4. The number of hydrogen-bond donors (Lipinski definition) is 2. The maximum absolute atomic E-state index is 12.6. The number of carbonyl (C=O) groups excluding carboxylic acids is 1. The largest absolute Gasteiger partial charge is 0.481 e. The molecule has 2 N–H and O–H groups in total. The highest BCUT2D eigenvalue weighted by atomic mass is 35.5. The summed E-state index contributed by atoms with van der Waals surface area (Å²) in [6.45, 7) is 0. The van der Waals surface area contributed by atoms with Gasteiger partial charge in [-0.25, -0.2) is 0 Å². The van der Waals surface area contributed by atoms with Crippen molar-refractivity contribution in [3.05, 3.63) is 102 Å². The minimum atomic E-state index is -0.998. The number of fused-ring (bicyclic) bond motifs is 4. The topological polar surface area (TPSA) is 96.2 Å². The summed E-state index contributed by atoms with van der Waals surface area (Å²) in [5.74, 6) is -1.22. The van der Waals surface area contributed by atoms with E-state index in [1.54, 1.807) is 12.4 Å². The van der Waals surface area contributed by atoms with Gasteiger partial charge in [0.1, 0.15) is 11.2 Å². The van der Waals surface area contributed by atoms with Crippen molar-refractivity contribution in [2.24, 2.45) is 0 Å². The number of furan rings is 1. The molecule has 7 heteroatoms. The van der Waals surface area contributed by atoms with Crippen LogP contribution in [0.5, 0.6) is 0 Å². The zero-order valence-electron chi connectivity index (χ0n) is 19.6. The van der Waals surface area contributed by atoms with Gasteiger partial charge >= 0.3 is 5.97 Å². The van der Waals surface area contributed by atoms with Crippen molar-refractivity contribution in [3.63, 3.8) is 0 Å². The van der Waals surface area contributed by atoms with Crippen LogP contribution in [0.15, 0.2) is 89.6 Å². The number of pyridine rings is 1. The Hall–Kier alpha value is -4.42. The highest BCUT2D eigenvalue weighted by Gasteiger charge is 2.18. The van der Waals surface area contributed by atoms with Gasteiger partial charge in [-0.05, 0) is 41.5 Å². The third kappa shape index (κ3) is 4.15. The van der Waals surface area contributed by atoms with Gasteiger partial charge in [-0.2, -0.15) is 0 Å². The molecule has 1 unspecified atom stereocenters. The summed E-state index contributed by atoms with van der Waals surface area (Å²) in [5, 5.41) is 11.3. The predicted octanol–water partition coefficient (Wildman–Crippen LogP) is 7.51. The molecular formula is C30H21ClN2O4. The average molecular weight is 509 g/mol. The molecule has 6 nitrogen and oxygen atoms in total. The second-order valence-electron chi connectivity index (χ2n) is 8.94.